The number of hydrogen-bond donors (Lipinski definition) is 2. The molecule has 8 heteroatoms. The van der Waals surface area contributed by atoms with E-state index in [2.05, 4.69) is 0 Å². The van der Waals surface area contributed by atoms with Crippen LogP contribution in [0.5, 0.6) is 0 Å². The minimum atomic E-state index is -4.15. The highest BCUT2D eigenvalue weighted by atomic mass is 32.2. The Labute approximate surface area is 89.8 Å². The van der Waals surface area contributed by atoms with Crippen LogP contribution in [0.4, 0.5) is 14.5 Å². The van der Waals surface area contributed by atoms with E-state index in [0.717, 1.165) is 12.1 Å². The summed E-state index contributed by atoms with van der Waals surface area (Å²) in [4.78, 5) is 10.2. The highest BCUT2D eigenvalue weighted by Gasteiger charge is 2.16. The quantitative estimate of drug-likeness (QED) is 0.828. The lowest BCUT2D eigenvalue weighted by molar-refractivity contribution is -0.134. The zero-order chi connectivity index (χ0) is 12.3. The van der Waals surface area contributed by atoms with Crippen LogP contribution in [-0.2, 0) is 14.8 Å². The van der Waals surface area contributed by atoms with Gasteiger partial charge in [0.15, 0.2) is 5.75 Å². The number of aliphatic carboxylic acids is 1. The molecule has 16 heavy (non-hydrogen) atoms. The molecule has 0 unspecified atom stereocenters. The Kier molecular flexibility index (Phi) is 3.43. The Bertz CT molecular complexity index is 495. The van der Waals surface area contributed by atoms with Gasteiger partial charge in [-0.2, -0.15) is 0 Å². The van der Waals surface area contributed by atoms with E-state index >= 15 is 0 Å². The lowest BCUT2D eigenvalue weighted by atomic mass is 10.3. The molecule has 1 rings (SSSR count). The fraction of sp³-hybridized carbons (Fsp3) is 0.125. The van der Waals surface area contributed by atoms with Crippen molar-refractivity contribution in [1.82, 2.24) is 0 Å². The number of anilines is 1. The van der Waals surface area contributed by atoms with Crippen LogP contribution in [0.2, 0.25) is 0 Å². The van der Waals surface area contributed by atoms with Gasteiger partial charge in [-0.3, -0.25) is 9.52 Å². The predicted molar refractivity (Wildman–Crippen MR) is 51.4 cm³/mol. The van der Waals surface area contributed by atoms with Crippen molar-refractivity contribution in [2.75, 3.05) is 10.5 Å². The van der Waals surface area contributed by atoms with Crippen molar-refractivity contribution in [2.45, 2.75) is 0 Å². The number of carbonyl (C=O) groups is 1. The Morgan fingerprint density at radius 2 is 1.75 bits per heavy atom. The van der Waals surface area contributed by atoms with Gasteiger partial charge >= 0.3 is 5.97 Å². The zero-order valence-corrected chi connectivity index (χ0v) is 8.59. The van der Waals surface area contributed by atoms with E-state index in [4.69, 9.17) is 5.11 Å². The summed E-state index contributed by atoms with van der Waals surface area (Å²) >= 11 is 0. The monoisotopic (exact) mass is 251 g/mol. The van der Waals surface area contributed by atoms with E-state index in [1.54, 1.807) is 4.72 Å². The maximum absolute atomic E-state index is 12.7. The summed E-state index contributed by atoms with van der Waals surface area (Å²) in [5.41, 5.74) is -0.362. The Balaban J connectivity index is 2.92. The first-order chi connectivity index (χ1) is 7.28. The number of hydrogen-bond acceptors (Lipinski definition) is 3. The van der Waals surface area contributed by atoms with Gasteiger partial charge in [0.1, 0.15) is 11.6 Å². The van der Waals surface area contributed by atoms with Crippen LogP contribution in [0.15, 0.2) is 18.2 Å². The molecule has 1 aromatic rings. The third kappa shape index (κ3) is 3.81. The summed E-state index contributed by atoms with van der Waals surface area (Å²) in [6, 6.07) is 2.04. The van der Waals surface area contributed by atoms with E-state index in [1.165, 1.54) is 0 Å². The zero-order valence-electron chi connectivity index (χ0n) is 7.78. The largest absolute Gasteiger partial charge is 0.480 e. The first kappa shape index (κ1) is 12.4. The second-order valence-corrected chi connectivity index (χ2v) is 4.64. The van der Waals surface area contributed by atoms with Gasteiger partial charge in [-0.05, 0) is 12.1 Å². The number of carboxylic acid groups (broad SMARTS) is 1. The molecule has 0 spiro atoms. The fourth-order valence-corrected chi connectivity index (χ4v) is 1.87. The van der Waals surface area contributed by atoms with Gasteiger partial charge < -0.3 is 5.11 Å². The van der Waals surface area contributed by atoms with Crippen molar-refractivity contribution >= 4 is 21.7 Å². The molecule has 0 fully saturated rings. The molecule has 0 bridgehead atoms. The summed E-state index contributed by atoms with van der Waals surface area (Å²) < 4.78 is 49.3. The molecule has 5 nitrogen and oxygen atoms in total. The molecule has 0 aliphatic heterocycles. The molecule has 2 N–H and O–H groups in total. The van der Waals surface area contributed by atoms with E-state index in [-0.39, 0.29) is 5.69 Å². The molecule has 0 atom stereocenters. The number of carboxylic acids is 1. The normalized spacial score (nSPS) is 11.1. The summed E-state index contributed by atoms with van der Waals surface area (Å²) in [6.07, 6.45) is 0. The van der Waals surface area contributed by atoms with Gasteiger partial charge in [0.25, 0.3) is 0 Å². The van der Waals surface area contributed by atoms with Crippen LogP contribution in [0.1, 0.15) is 0 Å². The van der Waals surface area contributed by atoms with Gasteiger partial charge in [0.05, 0.1) is 5.69 Å². The third-order valence-corrected chi connectivity index (χ3v) is 2.62. The Hall–Kier alpha value is -1.70. The van der Waals surface area contributed by atoms with Crippen LogP contribution in [-0.4, -0.2) is 25.2 Å². The summed E-state index contributed by atoms with van der Waals surface area (Å²) in [5.74, 6) is -4.67. The lowest BCUT2D eigenvalue weighted by Gasteiger charge is -2.05. The third-order valence-electron chi connectivity index (χ3n) is 1.45. The molecule has 88 valence electrons. The van der Waals surface area contributed by atoms with Crippen molar-refractivity contribution in [2.24, 2.45) is 0 Å². The summed E-state index contributed by atoms with van der Waals surface area (Å²) in [5, 5.41) is 8.27. The number of sulfonamides is 1. The van der Waals surface area contributed by atoms with Gasteiger partial charge in [-0.25, -0.2) is 17.2 Å². The lowest BCUT2D eigenvalue weighted by Crippen LogP contribution is -2.22. The van der Waals surface area contributed by atoms with Crippen molar-refractivity contribution in [1.29, 1.82) is 0 Å². The van der Waals surface area contributed by atoms with Crippen molar-refractivity contribution < 1.29 is 27.1 Å². The highest BCUT2D eigenvalue weighted by molar-refractivity contribution is 7.93. The Morgan fingerprint density at radius 1 is 1.25 bits per heavy atom. The topological polar surface area (TPSA) is 83.5 Å². The van der Waals surface area contributed by atoms with Crippen LogP contribution < -0.4 is 4.72 Å². The van der Waals surface area contributed by atoms with Crippen molar-refractivity contribution in [3.05, 3.63) is 29.8 Å². The maximum atomic E-state index is 12.7. The average molecular weight is 251 g/mol. The maximum Gasteiger partial charge on any atom is 0.320 e. The second-order valence-electron chi connectivity index (χ2n) is 2.91. The van der Waals surface area contributed by atoms with Gasteiger partial charge in [-0.15, -0.1) is 0 Å². The van der Waals surface area contributed by atoms with Crippen LogP contribution in [0.25, 0.3) is 0 Å². The first-order valence-corrected chi connectivity index (χ1v) is 5.62. The minimum Gasteiger partial charge on any atom is -0.480 e. The molecular weight excluding hydrogens is 244 g/mol. The van der Waals surface area contributed by atoms with Crippen molar-refractivity contribution in [3.63, 3.8) is 0 Å². The molecule has 0 aliphatic carbocycles. The molecule has 1 aromatic carbocycles. The highest BCUT2D eigenvalue weighted by Crippen LogP contribution is 2.14. The molecule has 0 aliphatic rings. The fourth-order valence-electron chi connectivity index (χ4n) is 0.991. The van der Waals surface area contributed by atoms with Gasteiger partial charge in [-0.1, -0.05) is 0 Å². The molecule has 0 radical (unpaired) electrons. The van der Waals surface area contributed by atoms with E-state index in [0.29, 0.717) is 6.07 Å². The Morgan fingerprint density at radius 3 is 2.19 bits per heavy atom. The van der Waals surface area contributed by atoms with Crippen molar-refractivity contribution in [3.8, 4) is 0 Å². The molecule has 0 aromatic heterocycles. The number of rotatable bonds is 4. The summed E-state index contributed by atoms with van der Waals surface area (Å²) in [6.45, 7) is 0. The average Bonchev–Trinajstić information content (AvgIpc) is 1.95. The van der Waals surface area contributed by atoms with Crippen LogP contribution in [0.3, 0.4) is 0 Å². The summed E-state index contributed by atoms with van der Waals surface area (Å²) in [7, 11) is -4.15. The second kappa shape index (κ2) is 4.44. The van der Waals surface area contributed by atoms with E-state index in [9.17, 15) is 22.0 Å². The van der Waals surface area contributed by atoms with Gasteiger partial charge in [0, 0.05) is 6.07 Å². The number of nitrogens with one attached hydrogen (secondary N) is 1. The molecule has 0 amide bonds. The van der Waals surface area contributed by atoms with Crippen LogP contribution >= 0.6 is 0 Å². The van der Waals surface area contributed by atoms with Gasteiger partial charge in [0.2, 0.25) is 10.0 Å². The molecule has 0 saturated heterocycles. The number of halogens is 2. The van der Waals surface area contributed by atoms with E-state index < -0.39 is 33.4 Å². The smallest absolute Gasteiger partial charge is 0.320 e. The van der Waals surface area contributed by atoms with Crippen LogP contribution in [0, 0.1) is 11.6 Å². The first-order valence-electron chi connectivity index (χ1n) is 3.97. The number of benzene rings is 1. The molecule has 0 heterocycles. The standard InChI is InChI=1S/C8H7F2NO4S/c9-5-1-6(10)3-7(2-5)11-16(14,15)4-8(12)13/h1-3,11H,4H2,(H,12,13). The molecular formula is C8H7F2NO4S. The van der Waals surface area contributed by atoms with E-state index in [1.807, 2.05) is 0 Å². The minimum absolute atomic E-state index is 0.362. The SMILES string of the molecule is O=C(O)CS(=O)(=O)Nc1cc(F)cc(F)c1. The molecule has 0 saturated carbocycles. The predicted octanol–water partition coefficient (Wildman–Crippen LogP) is 0.791.